The molecule has 1 amide bonds. The number of para-hydroxylation sites is 1. The van der Waals surface area contributed by atoms with Crippen molar-refractivity contribution in [1.29, 1.82) is 0 Å². The predicted molar refractivity (Wildman–Crippen MR) is 53.4 cm³/mol. The van der Waals surface area contributed by atoms with Gasteiger partial charge in [-0.2, -0.15) is 0 Å². The van der Waals surface area contributed by atoms with Crippen LogP contribution in [0.1, 0.15) is 0 Å². The van der Waals surface area contributed by atoms with Crippen LogP contribution in [0, 0.1) is 0 Å². The molecule has 0 aliphatic carbocycles. The third kappa shape index (κ3) is 1.35. The number of fused-ring (bicyclic) bond motifs is 1. The molecule has 3 nitrogen and oxygen atoms in total. The Bertz CT molecular complexity index is 365. The fourth-order valence-corrected chi connectivity index (χ4v) is 1.65. The van der Waals surface area contributed by atoms with Crippen LogP contribution in [-0.2, 0) is 4.79 Å². The molecule has 1 aromatic carbocycles. The van der Waals surface area contributed by atoms with E-state index in [-0.39, 0.29) is 5.91 Å². The summed E-state index contributed by atoms with van der Waals surface area (Å²) in [7, 11) is 1.87. The van der Waals surface area contributed by atoms with Gasteiger partial charge in [0.05, 0.1) is 22.9 Å². The van der Waals surface area contributed by atoms with Crippen molar-refractivity contribution in [1.82, 2.24) is 0 Å². The van der Waals surface area contributed by atoms with Crippen molar-refractivity contribution in [2.45, 2.75) is 0 Å². The minimum atomic E-state index is -0.0249. The third-order valence-electron chi connectivity index (χ3n) is 2.05. The number of amides is 1. The highest BCUT2D eigenvalue weighted by Crippen LogP contribution is 2.34. The smallest absolute Gasteiger partial charge is 0.243 e. The minimum Gasteiger partial charge on any atom is -0.364 e. The largest absolute Gasteiger partial charge is 0.364 e. The summed E-state index contributed by atoms with van der Waals surface area (Å²) in [5.41, 5.74) is 1.68. The lowest BCUT2D eigenvalue weighted by molar-refractivity contribution is -0.115. The zero-order chi connectivity index (χ0) is 9.42. The minimum absolute atomic E-state index is 0.0249. The number of nitrogens with zero attached hydrogens (tertiary/aromatic N) is 1. The maximum Gasteiger partial charge on any atom is 0.243 e. The van der Waals surface area contributed by atoms with E-state index in [9.17, 15) is 4.79 Å². The molecule has 1 N–H and O–H groups in total. The maximum atomic E-state index is 11.2. The second kappa shape index (κ2) is 2.92. The van der Waals surface area contributed by atoms with Crippen LogP contribution in [0.25, 0.3) is 0 Å². The molecule has 2 rings (SSSR count). The summed E-state index contributed by atoms with van der Waals surface area (Å²) in [4.78, 5) is 13.1. The van der Waals surface area contributed by atoms with Crippen molar-refractivity contribution in [3.05, 3.63) is 23.2 Å². The normalized spacial score (nSPS) is 15.2. The zero-order valence-electron chi connectivity index (χ0n) is 7.17. The number of hydrogen-bond acceptors (Lipinski definition) is 2. The molecule has 0 bridgehead atoms. The zero-order valence-corrected chi connectivity index (χ0v) is 7.93. The summed E-state index contributed by atoms with van der Waals surface area (Å²) in [6.07, 6.45) is 0. The molecule has 1 aliphatic heterocycles. The SMILES string of the molecule is CN1CC(=O)Nc2c(Cl)cccc21. The molecule has 0 saturated heterocycles. The van der Waals surface area contributed by atoms with Gasteiger partial charge in [-0.05, 0) is 12.1 Å². The molecular weight excluding hydrogens is 188 g/mol. The van der Waals surface area contributed by atoms with Crippen LogP contribution in [-0.4, -0.2) is 19.5 Å². The van der Waals surface area contributed by atoms with Gasteiger partial charge in [0.2, 0.25) is 5.91 Å². The molecule has 0 fully saturated rings. The number of anilines is 2. The molecule has 1 aromatic rings. The fourth-order valence-electron chi connectivity index (χ4n) is 1.43. The topological polar surface area (TPSA) is 32.3 Å². The summed E-state index contributed by atoms with van der Waals surface area (Å²) < 4.78 is 0. The van der Waals surface area contributed by atoms with Crippen LogP contribution in [0.2, 0.25) is 5.02 Å². The molecule has 0 spiro atoms. The predicted octanol–water partition coefficient (Wildman–Crippen LogP) is 1.73. The Morgan fingerprint density at radius 3 is 3.08 bits per heavy atom. The van der Waals surface area contributed by atoms with Gasteiger partial charge in [0.25, 0.3) is 0 Å². The summed E-state index contributed by atoms with van der Waals surface area (Å²) in [6, 6.07) is 5.57. The van der Waals surface area contributed by atoms with Gasteiger partial charge in [-0.15, -0.1) is 0 Å². The van der Waals surface area contributed by atoms with Crippen LogP contribution >= 0.6 is 11.6 Å². The standard InChI is InChI=1S/C9H9ClN2O/c1-12-5-8(13)11-9-6(10)3-2-4-7(9)12/h2-4H,5H2,1H3,(H,11,13). The first kappa shape index (κ1) is 8.38. The van der Waals surface area contributed by atoms with Gasteiger partial charge >= 0.3 is 0 Å². The number of benzene rings is 1. The molecule has 0 aromatic heterocycles. The highest BCUT2D eigenvalue weighted by molar-refractivity contribution is 6.34. The van der Waals surface area contributed by atoms with Crippen molar-refractivity contribution < 1.29 is 4.79 Å². The number of carbonyl (C=O) groups is 1. The van der Waals surface area contributed by atoms with Crippen molar-refractivity contribution in [3.8, 4) is 0 Å². The Morgan fingerprint density at radius 1 is 1.54 bits per heavy atom. The van der Waals surface area contributed by atoms with Crippen LogP contribution in [0.4, 0.5) is 11.4 Å². The van der Waals surface area contributed by atoms with E-state index in [2.05, 4.69) is 5.32 Å². The first-order chi connectivity index (χ1) is 6.18. The second-order valence-electron chi connectivity index (χ2n) is 3.04. The van der Waals surface area contributed by atoms with Crippen LogP contribution in [0.15, 0.2) is 18.2 Å². The van der Waals surface area contributed by atoms with Gasteiger partial charge in [0.15, 0.2) is 0 Å². The first-order valence-electron chi connectivity index (χ1n) is 3.98. The van der Waals surface area contributed by atoms with E-state index in [0.29, 0.717) is 17.3 Å². The van der Waals surface area contributed by atoms with Gasteiger partial charge < -0.3 is 10.2 Å². The average Bonchev–Trinajstić information content (AvgIpc) is 2.07. The van der Waals surface area contributed by atoms with E-state index in [0.717, 1.165) is 5.69 Å². The van der Waals surface area contributed by atoms with Crippen molar-refractivity contribution >= 4 is 28.9 Å². The van der Waals surface area contributed by atoms with Crippen molar-refractivity contribution in [2.75, 3.05) is 23.8 Å². The number of nitrogens with one attached hydrogen (secondary N) is 1. The maximum absolute atomic E-state index is 11.2. The van der Waals surface area contributed by atoms with E-state index in [1.165, 1.54) is 0 Å². The van der Waals surface area contributed by atoms with Gasteiger partial charge in [-0.1, -0.05) is 17.7 Å². The van der Waals surface area contributed by atoms with E-state index < -0.39 is 0 Å². The summed E-state index contributed by atoms with van der Waals surface area (Å²) in [5, 5.41) is 3.33. The fraction of sp³-hybridized carbons (Fsp3) is 0.222. The Morgan fingerprint density at radius 2 is 2.31 bits per heavy atom. The number of likely N-dealkylation sites (N-methyl/N-ethyl adjacent to an activating group) is 1. The monoisotopic (exact) mass is 196 g/mol. The summed E-state index contributed by atoms with van der Waals surface area (Å²) in [6.45, 7) is 0.382. The summed E-state index contributed by atoms with van der Waals surface area (Å²) in [5.74, 6) is -0.0249. The molecule has 0 atom stereocenters. The van der Waals surface area contributed by atoms with E-state index >= 15 is 0 Å². The molecule has 1 heterocycles. The average molecular weight is 197 g/mol. The van der Waals surface area contributed by atoms with E-state index in [1.54, 1.807) is 6.07 Å². The third-order valence-corrected chi connectivity index (χ3v) is 2.36. The summed E-state index contributed by atoms with van der Waals surface area (Å²) >= 11 is 5.93. The van der Waals surface area contributed by atoms with Gasteiger partial charge in [-0.3, -0.25) is 4.79 Å². The Labute approximate surface area is 81.3 Å². The molecule has 0 saturated carbocycles. The molecule has 0 unspecified atom stereocenters. The number of carbonyl (C=O) groups excluding carboxylic acids is 1. The molecule has 0 radical (unpaired) electrons. The van der Waals surface area contributed by atoms with Crippen molar-refractivity contribution in [2.24, 2.45) is 0 Å². The molecule has 1 aliphatic rings. The Balaban J connectivity index is 2.54. The van der Waals surface area contributed by atoms with Crippen LogP contribution in [0.3, 0.4) is 0 Å². The lowest BCUT2D eigenvalue weighted by Gasteiger charge is -2.27. The lowest BCUT2D eigenvalue weighted by atomic mass is 10.2. The highest BCUT2D eigenvalue weighted by atomic mass is 35.5. The molecule has 4 heteroatoms. The Kier molecular flexibility index (Phi) is 1.88. The quantitative estimate of drug-likeness (QED) is 0.686. The highest BCUT2D eigenvalue weighted by Gasteiger charge is 2.20. The lowest BCUT2D eigenvalue weighted by Crippen LogP contribution is -2.35. The van der Waals surface area contributed by atoms with E-state index in [1.807, 2.05) is 24.1 Å². The first-order valence-corrected chi connectivity index (χ1v) is 4.36. The molecule has 13 heavy (non-hydrogen) atoms. The second-order valence-corrected chi connectivity index (χ2v) is 3.45. The van der Waals surface area contributed by atoms with Gasteiger partial charge in [0.1, 0.15) is 0 Å². The number of halogens is 1. The van der Waals surface area contributed by atoms with E-state index in [4.69, 9.17) is 11.6 Å². The van der Waals surface area contributed by atoms with Gasteiger partial charge in [-0.25, -0.2) is 0 Å². The van der Waals surface area contributed by atoms with Crippen molar-refractivity contribution in [3.63, 3.8) is 0 Å². The number of rotatable bonds is 0. The molecule has 68 valence electrons. The molecular formula is C9H9ClN2O. The van der Waals surface area contributed by atoms with Crippen LogP contribution < -0.4 is 10.2 Å². The number of hydrogen-bond donors (Lipinski definition) is 1. The van der Waals surface area contributed by atoms with Crippen LogP contribution in [0.5, 0.6) is 0 Å². The van der Waals surface area contributed by atoms with Gasteiger partial charge in [0, 0.05) is 7.05 Å². The Hall–Kier alpha value is -1.22.